The van der Waals surface area contributed by atoms with Crippen molar-refractivity contribution >= 4 is 85.2 Å². The van der Waals surface area contributed by atoms with E-state index in [0.717, 1.165) is 36.1 Å². The summed E-state index contributed by atoms with van der Waals surface area (Å²) in [5.41, 5.74) is 1.74. The number of carboxylic acids is 1. The Hall–Kier alpha value is -5.83. The molecule has 0 spiro atoms. The highest BCUT2D eigenvalue weighted by Gasteiger charge is 2.41. The van der Waals surface area contributed by atoms with Gasteiger partial charge < -0.3 is 71.0 Å². The lowest BCUT2D eigenvalue weighted by Gasteiger charge is -2.39. The zero-order chi connectivity index (χ0) is 85.3. The van der Waals surface area contributed by atoms with E-state index in [4.69, 9.17) is 60.8 Å². The van der Waals surface area contributed by atoms with Crippen molar-refractivity contribution in [3.05, 3.63) is 181 Å². The van der Waals surface area contributed by atoms with Gasteiger partial charge in [-0.3, -0.25) is 14.4 Å². The summed E-state index contributed by atoms with van der Waals surface area (Å²) in [7, 11) is 0.679. The minimum atomic E-state index is -2.12. The Balaban J connectivity index is -0.00000139. The van der Waals surface area contributed by atoms with Gasteiger partial charge in [-0.2, -0.15) is 0 Å². The number of hydrogen-bond acceptors (Lipinski definition) is 17. The Kier molecular flexibility index (Phi) is 61.6. The van der Waals surface area contributed by atoms with E-state index in [1.54, 1.807) is 78.4 Å². The van der Waals surface area contributed by atoms with Crippen molar-refractivity contribution in [2.75, 3.05) is 14.2 Å². The summed E-state index contributed by atoms with van der Waals surface area (Å²) < 4.78 is 56.1. The van der Waals surface area contributed by atoms with Gasteiger partial charge in [0.15, 0.2) is 16.6 Å². The standard InChI is InChI=1S/C31H54O5Si2.C19H26O5.C13H21O4Si2.C13H23O2Si2.C11H20O2/c1-24(35-37(10,11)30(3,4)5)17-15-14-16-18-28(36-38(12,13)31(6,7)8)25(2)29(32)34-23-26-19-21-27(33-9)22-20-26;1-14(20)8-5-4-6-11-18(21)15(2)19(22)24-13-16-9-7-10-17(12-16)23-3;1-10(16-18-3)8-6-5-7-9-12(17-19-4)11(2)13(14)15;1-11(2)13(15-17-5)10-8-6-7-9-12(3)14-16-4;1-9(2)11(13)8-6-4-5-7-10(3)12/h14-16,18-22,24-25,28H,17,23H2,1-13H3;4-7,9-12,14-15,18,20-21H,8,13H2,1-3H3;5-7,9-12H,3,8H2,1-2,4H3,(H,14,15);6-8,10-13H,4,9H2,1-3,5H3;4-6,8-13H,7H2,1-3H3/b15-14+,18-16+;5-4+,11-6+;6-5+,9-7+;7-6+,10-8+;5-4+,8-6+. The van der Waals surface area contributed by atoms with Crippen LogP contribution in [0.3, 0.4) is 0 Å². The lowest BCUT2D eigenvalue weighted by Crippen LogP contribution is -2.46. The molecular weight excluding hydrogens is 1500 g/mol. The van der Waals surface area contributed by atoms with Crippen molar-refractivity contribution in [3.8, 4) is 11.5 Å². The number of carbonyl (C=O) groups excluding carboxylic acids is 2. The van der Waals surface area contributed by atoms with Crippen molar-refractivity contribution in [2.45, 2.75) is 280 Å². The van der Waals surface area contributed by atoms with E-state index >= 15 is 0 Å². The number of aliphatic hydroxyl groups is 4. The molecule has 6 radical (unpaired) electrons. The molecule has 5 N–H and O–H groups in total. The molecule has 13 atom stereocenters. The van der Waals surface area contributed by atoms with Gasteiger partial charge >= 0.3 is 17.9 Å². The maximum Gasteiger partial charge on any atom is 0.311 e. The van der Waals surface area contributed by atoms with Crippen LogP contribution in [0.25, 0.3) is 0 Å². The molecule has 0 heterocycles. The second-order valence-electron chi connectivity index (χ2n) is 30.8. The van der Waals surface area contributed by atoms with Gasteiger partial charge in [-0.1, -0.05) is 227 Å². The normalized spacial score (nSPS) is 16.0. The lowest BCUT2D eigenvalue weighted by molar-refractivity contribution is -0.152. The number of aliphatic hydroxyl groups excluding tert-OH is 4. The monoisotopic (exact) mass is 1640 g/mol. The topological polar surface area (TPSA) is 245 Å². The number of carbonyl (C=O) groups is 3. The summed E-state index contributed by atoms with van der Waals surface area (Å²) >= 11 is 0. The zero-order valence-corrected chi connectivity index (χ0v) is 78.2. The Morgan fingerprint density at radius 1 is 0.441 bits per heavy atom. The fourth-order valence-corrected chi connectivity index (χ4v) is 13.1. The number of carboxylic acid groups (broad SMARTS) is 1. The number of methoxy groups -OCH3 is 2. The molecule has 0 aliphatic rings. The van der Waals surface area contributed by atoms with Gasteiger partial charge in [0.25, 0.3) is 18.8 Å². The maximum atomic E-state index is 13.0. The van der Waals surface area contributed by atoms with Crippen molar-refractivity contribution in [1.29, 1.82) is 0 Å². The quantitative estimate of drug-likeness (QED) is 0.0235. The van der Waals surface area contributed by atoms with E-state index in [2.05, 4.69) is 145 Å². The molecule has 0 amide bonds. The summed E-state index contributed by atoms with van der Waals surface area (Å²) in [5.74, 6) is -1.01. The summed E-state index contributed by atoms with van der Waals surface area (Å²) in [4.78, 5) is 35.9. The van der Waals surface area contributed by atoms with E-state index in [9.17, 15) is 24.6 Å². The Morgan fingerprint density at radius 3 is 1.23 bits per heavy atom. The highest BCUT2D eigenvalue weighted by molar-refractivity contribution is 6.74. The average molecular weight is 1650 g/mol. The first-order valence-corrected chi connectivity index (χ1v) is 49.3. The SMILES string of the molecule is C=[Si]OC(C)C/C=C/C=C/C(O[Si]C)C(C)C.C=[Si]OC(C)C/C=C/C=C/C(O[Si]C)C(C)C(=O)O.CC(O)C/C=C/C=C/C(O)C(C)C.COc1ccc(COC(=O)C(C)C(/C=C/C=C/CC(C)O[Si](C)(C)C(C)(C)C)O[Si](C)(C)C(C)(C)C)cc1.COc1cccc(COC(=O)C(C)C(O)/C=C/C=C/CC(C)O)c1. The van der Waals surface area contributed by atoms with Gasteiger partial charge in [-0.25, -0.2) is 0 Å². The minimum absolute atomic E-state index is 0.0260. The van der Waals surface area contributed by atoms with Crippen molar-refractivity contribution < 1.29 is 85.4 Å². The molecule has 0 bridgehead atoms. The number of rotatable bonds is 46. The van der Waals surface area contributed by atoms with Crippen LogP contribution in [-0.4, -0.2) is 186 Å². The van der Waals surface area contributed by atoms with Gasteiger partial charge in [0.1, 0.15) is 24.7 Å². The molecular formula is C87H144O18Si6. The predicted octanol–water partition coefficient (Wildman–Crippen LogP) is 17.6. The molecule has 2 rings (SSSR count). The first-order chi connectivity index (χ1) is 51.9. The number of benzene rings is 2. The average Bonchev–Trinajstić information content (AvgIpc) is 0.826. The van der Waals surface area contributed by atoms with Crippen LogP contribution in [0.1, 0.15) is 168 Å². The van der Waals surface area contributed by atoms with E-state index < -0.39 is 58.5 Å². The molecule has 111 heavy (non-hydrogen) atoms. The first kappa shape index (κ1) is 109. The van der Waals surface area contributed by atoms with E-state index in [-0.39, 0.29) is 103 Å². The summed E-state index contributed by atoms with van der Waals surface area (Å²) in [6.07, 6.45) is 47.1. The third kappa shape index (κ3) is 55.3. The number of aliphatic carboxylic acids is 1. The Bertz CT molecular complexity index is 3120. The molecule has 18 nitrogen and oxygen atoms in total. The van der Waals surface area contributed by atoms with E-state index in [1.807, 2.05) is 131 Å². The molecule has 624 valence electrons. The van der Waals surface area contributed by atoms with Crippen LogP contribution in [0.4, 0.5) is 0 Å². The van der Waals surface area contributed by atoms with Crippen molar-refractivity contribution in [3.63, 3.8) is 0 Å². The van der Waals surface area contributed by atoms with Gasteiger partial charge in [0, 0.05) is 18.9 Å². The van der Waals surface area contributed by atoms with Crippen LogP contribution in [0.5, 0.6) is 11.5 Å². The highest BCUT2D eigenvalue weighted by Crippen LogP contribution is 2.39. The number of esters is 2. The van der Waals surface area contributed by atoms with Crippen LogP contribution in [-0.2, 0) is 63.6 Å². The molecule has 2 aromatic carbocycles. The molecule has 0 saturated carbocycles. The second kappa shape index (κ2) is 62.5. The van der Waals surface area contributed by atoms with Crippen LogP contribution in [0.15, 0.2) is 170 Å². The van der Waals surface area contributed by atoms with E-state index in [0.29, 0.717) is 43.6 Å². The van der Waals surface area contributed by atoms with E-state index in [1.165, 1.54) is 6.08 Å². The number of hydrogen-bond donors (Lipinski definition) is 5. The van der Waals surface area contributed by atoms with Crippen molar-refractivity contribution in [1.82, 2.24) is 0 Å². The smallest absolute Gasteiger partial charge is 0.311 e. The molecule has 0 fully saturated rings. The maximum absolute atomic E-state index is 13.0. The second-order valence-corrected chi connectivity index (χ2v) is 42.6. The fourth-order valence-electron chi connectivity index (χ4n) is 8.40. The largest absolute Gasteiger partial charge is 0.546 e. The van der Waals surface area contributed by atoms with Gasteiger partial charge in [0.05, 0.1) is 86.9 Å². The number of allylic oxidation sites excluding steroid dienone is 10. The van der Waals surface area contributed by atoms with Gasteiger partial charge in [-0.05, 0) is 171 Å². The van der Waals surface area contributed by atoms with Crippen LogP contribution < -0.4 is 9.47 Å². The summed E-state index contributed by atoms with van der Waals surface area (Å²) in [6.45, 7) is 49.7. The van der Waals surface area contributed by atoms with Gasteiger partial charge in [-0.15, -0.1) is 0 Å². The molecule has 0 aromatic heterocycles. The molecule has 24 heteroatoms. The molecule has 13 unspecified atom stereocenters. The van der Waals surface area contributed by atoms with Crippen molar-refractivity contribution in [2.24, 2.45) is 29.6 Å². The molecule has 0 saturated heterocycles. The Labute approximate surface area is 683 Å². The third-order valence-electron chi connectivity index (χ3n) is 17.8. The number of ether oxygens (including phenoxy) is 4. The third-order valence-corrected chi connectivity index (χ3v) is 29.0. The summed E-state index contributed by atoms with van der Waals surface area (Å²) in [5, 5.41) is 46.6. The lowest BCUT2D eigenvalue weighted by atomic mass is 10.0. The highest BCUT2D eigenvalue weighted by atomic mass is 28.4. The molecule has 0 aliphatic heterocycles. The zero-order valence-electron chi connectivity index (χ0n) is 72.2. The van der Waals surface area contributed by atoms with Crippen LogP contribution in [0.2, 0.25) is 49.4 Å². The minimum Gasteiger partial charge on any atom is -0.546 e. The summed E-state index contributed by atoms with van der Waals surface area (Å²) in [6, 6.07) is 14.8. The van der Waals surface area contributed by atoms with Crippen LogP contribution in [0, 0.1) is 29.6 Å². The predicted molar refractivity (Wildman–Crippen MR) is 470 cm³/mol. The van der Waals surface area contributed by atoms with Crippen LogP contribution >= 0.6 is 0 Å². The Morgan fingerprint density at radius 2 is 0.829 bits per heavy atom. The molecule has 0 aliphatic carbocycles. The fraction of sp³-hybridized carbons (Fsp3) is 0.575. The molecule has 2 aromatic rings. The van der Waals surface area contributed by atoms with Gasteiger partial charge in [0.2, 0.25) is 19.5 Å². The first-order valence-electron chi connectivity index (χ1n) is 38.5.